The van der Waals surface area contributed by atoms with Crippen molar-refractivity contribution in [3.05, 3.63) is 48.3 Å². The SMILES string of the molecule is COc1ccc(F)c(N2CCC(COc3ccc(N4C[C@H](C(F)(F)F)C[C@@H]4CC(=O)O)cc3)C2)c1. The summed E-state index contributed by atoms with van der Waals surface area (Å²) in [7, 11) is 1.54. The lowest BCUT2D eigenvalue weighted by molar-refractivity contribution is -0.169. The molecule has 0 aromatic heterocycles. The van der Waals surface area contributed by atoms with Crippen LogP contribution in [0.1, 0.15) is 19.3 Å². The van der Waals surface area contributed by atoms with Crippen LogP contribution in [0.2, 0.25) is 0 Å². The van der Waals surface area contributed by atoms with Crippen LogP contribution >= 0.6 is 0 Å². The fourth-order valence-electron chi connectivity index (χ4n) is 4.86. The molecule has 0 saturated carbocycles. The van der Waals surface area contributed by atoms with E-state index in [1.807, 2.05) is 4.90 Å². The Balaban J connectivity index is 1.34. The molecule has 0 amide bonds. The second-order valence-corrected chi connectivity index (χ2v) is 9.10. The van der Waals surface area contributed by atoms with E-state index in [0.717, 1.165) is 6.42 Å². The Hall–Kier alpha value is -3.17. The van der Waals surface area contributed by atoms with Gasteiger partial charge in [-0.05, 0) is 49.2 Å². The summed E-state index contributed by atoms with van der Waals surface area (Å²) in [5.41, 5.74) is 1.03. The Bertz CT molecular complexity index is 1030. The smallest absolute Gasteiger partial charge is 0.393 e. The topological polar surface area (TPSA) is 62.2 Å². The van der Waals surface area contributed by atoms with Crippen LogP contribution in [0.4, 0.5) is 28.9 Å². The number of rotatable bonds is 8. The number of alkyl halides is 3. The van der Waals surface area contributed by atoms with Crippen molar-refractivity contribution < 1.29 is 36.9 Å². The zero-order chi connectivity index (χ0) is 25.2. The molecule has 0 spiro atoms. The van der Waals surface area contributed by atoms with Crippen molar-refractivity contribution in [3.8, 4) is 11.5 Å². The summed E-state index contributed by atoms with van der Waals surface area (Å²) in [4.78, 5) is 14.6. The Morgan fingerprint density at radius 1 is 1.11 bits per heavy atom. The highest BCUT2D eigenvalue weighted by molar-refractivity contribution is 5.69. The second-order valence-electron chi connectivity index (χ2n) is 9.10. The van der Waals surface area contributed by atoms with Crippen LogP contribution in [0, 0.1) is 17.7 Å². The van der Waals surface area contributed by atoms with Crippen LogP contribution in [-0.2, 0) is 4.79 Å². The number of hydrogen-bond donors (Lipinski definition) is 1. The van der Waals surface area contributed by atoms with Gasteiger partial charge in [0, 0.05) is 43.3 Å². The summed E-state index contributed by atoms with van der Waals surface area (Å²) < 4.78 is 65.1. The second kappa shape index (κ2) is 10.2. The first-order valence-corrected chi connectivity index (χ1v) is 11.5. The summed E-state index contributed by atoms with van der Waals surface area (Å²) >= 11 is 0. The monoisotopic (exact) mass is 496 g/mol. The van der Waals surface area contributed by atoms with Crippen molar-refractivity contribution >= 4 is 17.3 Å². The molecular formula is C25H28F4N2O4. The number of anilines is 2. The van der Waals surface area contributed by atoms with E-state index in [1.54, 1.807) is 36.4 Å². The molecule has 1 unspecified atom stereocenters. The lowest BCUT2D eigenvalue weighted by Crippen LogP contribution is -2.32. The van der Waals surface area contributed by atoms with Crippen LogP contribution in [0.5, 0.6) is 11.5 Å². The van der Waals surface area contributed by atoms with Gasteiger partial charge >= 0.3 is 12.1 Å². The summed E-state index contributed by atoms with van der Waals surface area (Å²) in [6, 6.07) is 10.6. The number of nitrogens with zero attached hydrogens (tertiary/aromatic N) is 2. The molecule has 2 heterocycles. The molecule has 190 valence electrons. The molecular weight excluding hydrogens is 468 g/mol. The average molecular weight is 497 g/mol. The van der Waals surface area contributed by atoms with E-state index in [2.05, 4.69) is 0 Å². The maximum Gasteiger partial charge on any atom is 0.393 e. The van der Waals surface area contributed by atoms with Gasteiger partial charge < -0.3 is 24.4 Å². The average Bonchev–Trinajstić information content (AvgIpc) is 3.45. The highest BCUT2D eigenvalue weighted by Gasteiger charge is 2.47. The lowest BCUT2D eigenvalue weighted by Gasteiger charge is -2.26. The number of hydrogen-bond acceptors (Lipinski definition) is 5. The normalized spacial score (nSPS) is 22.5. The third kappa shape index (κ3) is 5.91. The number of carboxylic acids is 1. The Kier molecular flexibility index (Phi) is 7.28. The van der Waals surface area contributed by atoms with Gasteiger partial charge in [-0.15, -0.1) is 0 Å². The van der Waals surface area contributed by atoms with Crippen molar-refractivity contribution in [1.29, 1.82) is 0 Å². The van der Waals surface area contributed by atoms with Crippen LogP contribution in [0.3, 0.4) is 0 Å². The van der Waals surface area contributed by atoms with Gasteiger partial charge in [0.25, 0.3) is 0 Å². The van der Waals surface area contributed by atoms with E-state index in [4.69, 9.17) is 14.6 Å². The maximum atomic E-state index is 14.3. The number of carbonyl (C=O) groups is 1. The third-order valence-electron chi connectivity index (χ3n) is 6.72. The molecule has 2 aromatic rings. The zero-order valence-corrected chi connectivity index (χ0v) is 19.3. The highest BCUT2D eigenvalue weighted by atomic mass is 19.4. The fourth-order valence-corrected chi connectivity index (χ4v) is 4.86. The highest BCUT2D eigenvalue weighted by Crippen LogP contribution is 2.40. The standard InChI is InChI=1S/C25H28F4N2O4/c1-34-21-6-7-22(26)23(12-21)30-9-8-16(13-30)15-35-20-4-2-18(3-5-20)31-14-17(25(27,28)29)10-19(31)11-24(32)33/h2-7,12,16-17,19H,8-11,13-15H2,1H3,(H,32,33)/t16?,17-,19-/m1/s1. The Labute approximate surface area is 201 Å². The molecule has 2 saturated heterocycles. The van der Waals surface area contributed by atoms with E-state index in [0.29, 0.717) is 42.6 Å². The van der Waals surface area contributed by atoms with Crippen LogP contribution < -0.4 is 19.3 Å². The Morgan fingerprint density at radius 2 is 1.83 bits per heavy atom. The van der Waals surface area contributed by atoms with Crippen LogP contribution in [0.15, 0.2) is 42.5 Å². The molecule has 2 aliphatic rings. The molecule has 35 heavy (non-hydrogen) atoms. The van der Waals surface area contributed by atoms with Gasteiger partial charge in [-0.1, -0.05) is 0 Å². The van der Waals surface area contributed by atoms with E-state index in [9.17, 15) is 22.4 Å². The quantitative estimate of drug-likeness (QED) is 0.521. The van der Waals surface area contributed by atoms with Crippen LogP contribution in [0.25, 0.3) is 0 Å². The van der Waals surface area contributed by atoms with Gasteiger partial charge in [-0.2, -0.15) is 13.2 Å². The number of carboxylic acid groups (broad SMARTS) is 1. The van der Waals surface area contributed by atoms with E-state index < -0.39 is 24.1 Å². The predicted molar refractivity (Wildman–Crippen MR) is 123 cm³/mol. The van der Waals surface area contributed by atoms with Gasteiger partial charge in [0.1, 0.15) is 17.3 Å². The fraction of sp³-hybridized carbons (Fsp3) is 0.480. The van der Waals surface area contributed by atoms with E-state index in [-0.39, 0.29) is 31.1 Å². The van der Waals surface area contributed by atoms with Gasteiger partial charge in [-0.25, -0.2) is 4.39 Å². The number of benzene rings is 2. The molecule has 10 heteroatoms. The molecule has 0 aliphatic carbocycles. The van der Waals surface area contributed by atoms with E-state index in [1.165, 1.54) is 18.1 Å². The molecule has 6 nitrogen and oxygen atoms in total. The molecule has 3 atom stereocenters. The van der Waals surface area contributed by atoms with Crippen molar-refractivity contribution in [2.75, 3.05) is 43.2 Å². The number of halogens is 4. The van der Waals surface area contributed by atoms with Gasteiger partial charge in [0.15, 0.2) is 0 Å². The first-order chi connectivity index (χ1) is 16.6. The number of methoxy groups -OCH3 is 1. The molecule has 2 aromatic carbocycles. The van der Waals surface area contributed by atoms with Crippen LogP contribution in [-0.4, -0.2) is 56.6 Å². The number of aliphatic carboxylic acids is 1. The number of ether oxygens (including phenoxy) is 2. The van der Waals surface area contributed by atoms with Crippen molar-refractivity contribution in [2.24, 2.45) is 11.8 Å². The minimum atomic E-state index is -4.36. The predicted octanol–water partition coefficient (Wildman–Crippen LogP) is 4.97. The van der Waals surface area contributed by atoms with Gasteiger partial charge in [0.05, 0.1) is 31.7 Å². The largest absolute Gasteiger partial charge is 0.497 e. The summed E-state index contributed by atoms with van der Waals surface area (Å²) in [6.45, 7) is 1.48. The molecule has 2 aliphatic heterocycles. The minimum absolute atomic E-state index is 0.186. The molecule has 2 fully saturated rings. The summed E-state index contributed by atoms with van der Waals surface area (Å²) in [5, 5.41) is 9.12. The third-order valence-corrected chi connectivity index (χ3v) is 6.72. The Morgan fingerprint density at radius 3 is 2.49 bits per heavy atom. The zero-order valence-electron chi connectivity index (χ0n) is 19.3. The minimum Gasteiger partial charge on any atom is -0.497 e. The molecule has 0 bridgehead atoms. The molecule has 1 N–H and O–H groups in total. The lowest BCUT2D eigenvalue weighted by atomic mass is 10.0. The maximum absolute atomic E-state index is 14.3. The molecule has 4 rings (SSSR count). The first kappa shape index (κ1) is 24.9. The summed E-state index contributed by atoms with van der Waals surface area (Å²) in [5.74, 6) is -1.64. The first-order valence-electron chi connectivity index (χ1n) is 11.5. The summed E-state index contributed by atoms with van der Waals surface area (Å²) in [6.07, 6.45) is -4.12. The van der Waals surface area contributed by atoms with Crippen molar-refractivity contribution in [2.45, 2.75) is 31.5 Å². The van der Waals surface area contributed by atoms with Gasteiger partial charge in [0.2, 0.25) is 0 Å². The molecule has 0 radical (unpaired) electrons. The van der Waals surface area contributed by atoms with Crippen molar-refractivity contribution in [3.63, 3.8) is 0 Å². The van der Waals surface area contributed by atoms with E-state index >= 15 is 0 Å². The van der Waals surface area contributed by atoms with Gasteiger partial charge in [-0.3, -0.25) is 4.79 Å². The van der Waals surface area contributed by atoms with Crippen molar-refractivity contribution in [1.82, 2.24) is 0 Å².